The van der Waals surface area contributed by atoms with Gasteiger partial charge >= 0.3 is 0 Å². The number of carbonyl (C=O) groups is 1. The average Bonchev–Trinajstić information content (AvgIpc) is 2.99. The van der Waals surface area contributed by atoms with E-state index >= 15 is 0 Å². The molecule has 3 aromatic rings. The van der Waals surface area contributed by atoms with Crippen LogP contribution in [0.4, 0.5) is 5.69 Å². The van der Waals surface area contributed by atoms with Crippen molar-refractivity contribution in [3.63, 3.8) is 0 Å². The first-order chi connectivity index (χ1) is 10.8. The van der Waals surface area contributed by atoms with E-state index in [4.69, 9.17) is 0 Å². The number of nitrogens with zero attached hydrogens (tertiary/aromatic N) is 1. The molecule has 22 heavy (non-hydrogen) atoms. The van der Waals surface area contributed by atoms with Crippen LogP contribution in [0.25, 0.3) is 10.8 Å². The molecule has 0 unspecified atom stereocenters. The molecule has 0 saturated carbocycles. The van der Waals surface area contributed by atoms with Crippen LogP contribution in [-0.2, 0) is 6.42 Å². The number of rotatable bonds is 1. The molecule has 3 aromatic carbocycles. The zero-order valence-corrected chi connectivity index (χ0v) is 12.0. The van der Waals surface area contributed by atoms with Crippen LogP contribution < -0.4 is 4.90 Å². The fourth-order valence-corrected chi connectivity index (χ4v) is 3.12. The Bertz CT molecular complexity index is 885. The molecule has 0 radical (unpaired) electrons. The van der Waals surface area contributed by atoms with Crippen molar-refractivity contribution in [2.24, 2.45) is 0 Å². The molecule has 1 amide bonds. The molecule has 0 atom stereocenters. The number of para-hydroxylation sites is 1. The number of amides is 1. The largest absolute Gasteiger partial charge is 0.506 e. The Labute approximate surface area is 128 Å². The predicted octanol–water partition coefficient (Wildman–Crippen LogP) is 3.75. The summed E-state index contributed by atoms with van der Waals surface area (Å²) in [7, 11) is 0. The first-order valence-electron chi connectivity index (χ1n) is 7.36. The van der Waals surface area contributed by atoms with Gasteiger partial charge in [0.25, 0.3) is 5.91 Å². The minimum atomic E-state index is -0.145. The van der Waals surface area contributed by atoms with Crippen LogP contribution in [-0.4, -0.2) is 17.6 Å². The van der Waals surface area contributed by atoms with Gasteiger partial charge in [-0.15, -0.1) is 0 Å². The fourth-order valence-electron chi connectivity index (χ4n) is 3.12. The molecule has 108 valence electrons. The number of anilines is 1. The van der Waals surface area contributed by atoms with Crippen molar-refractivity contribution in [1.82, 2.24) is 0 Å². The zero-order valence-electron chi connectivity index (χ0n) is 12.0. The summed E-state index contributed by atoms with van der Waals surface area (Å²) >= 11 is 0. The predicted molar refractivity (Wildman–Crippen MR) is 87.4 cm³/mol. The number of hydrogen-bond acceptors (Lipinski definition) is 2. The minimum absolute atomic E-state index is 0.0625. The summed E-state index contributed by atoms with van der Waals surface area (Å²) in [6.45, 7) is 0.657. The van der Waals surface area contributed by atoms with E-state index in [2.05, 4.69) is 0 Å². The molecule has 0 spiro atoms. The van der Waals surface area contributed by atoms with E-state index < -0.39 is 0 Å². The van der Waals surface area contributed by atoms with Gasteiger partial charge in [0.15, 0.2) is 0 Å². The highest BCUT2D eigenvalue weighted by molar-refractivity contribution is 6.11. The maximum Gasteiger partial charge on any atom is 0.262 e. The van der Waals surface area contributed by atoms with Gasteiger partial charge in [-0.05, 0) is 29.5 Å². The number of hydrogen-bond donors (Lipinski definition) is 1. The third kappa shape index (κ3) is 1.86. The van der Waals surface area contributed by atoms with Gasteiger partial charge in [-0.25, -0.2) is 0 Å². The average molecular weight is 289 g/mol. The number of carbonyl (C=O) groups excluding carboxylic acids is 1. The van der Waals surface area contributed by atoms with E-state index in [0.29, 0.717) is 17.5 Å². The van der Waals surface area contributed by atoms with Crippen molar-refractivity contribution in [3.8, 4) is 5.75 Å². The SMILES string of the molecule is O=C(c1ccc2ccccc2c1O)N1CCc2ccccc21. The Hall–Kier alpha value is -2.81. The van der Waals surface area contributed by atoms with Crippen molar-refractivity contribution in [2.75, 3.05) is 11.4 Å². The highest BCUT2D eigenvalue weighted by atomic mass is 16.3. The van der Waals surface area contributed by atoms with E-state index in [1.54, 1.807) is 11.0 Å². The molecule has 0 bridgehead atoms. The lowest BCUT2D eigenvalue weighted by Gasteiger charge is -2.18. The van der Waals surface area contributed by atoms with Crippen molar-refractivity contribution < 1.29 is 9.90 Å². The molecule has 0 saturated heterocycles. The minimum Gasteiger partial charge on any atom is -0.506 e. The second kappa shape index (κ2) is 4.88. The highest BCUT2D eigenvalue weighted by Crippen LogP contribution is 2.33. The normalized spacial score (nSPS) is 13.4. The summed E-state index contributed by atoms with van der Waals surface area (Å²) < 4.78 is 0. The maximum absolute atomic E-state index is 12.8. The van der Waals surface area contributed by atoms with Crippen LogP contribution in [0.5, 0.6) is 5.75 Å². The molecule has 0 aromatic heterocycles. The van der Waals surface area contributed by atoms with Gasteiger partial charge in [0.1, 0.15) is 5.75 Å². The van der Waals surface area contributed by atoms with E-state index in [-0.39, 0.29) is 11.7 Å². The number of phenolic OH excluding ortho intramolecular Hbond substituents is 1. The lowest BCUT2D eigenvalue weighted by molar-refractivity contribution is 0.0987. The number of fused-ring (bicyclic) bond motifs is 2. The van der Waals surface area contributed by atoms with Gasteiger partial charge in [-0.2, -0.15) is 0 Å². The summed E-state index contributed by atoms with van der Waals surface area (Å²) in [5.41, 5.74) is 2.48. The molecule has 3 nitrogen and oxygen atoms in total. The van der Waals surface area contributed by atoms with Gasteiger partial charge in [0.05, 0.1) is 5.56 Å². The Balaban J connectivity index is 1.80. The summed E-state index contributed by atoms with van der Waals surface area (Å²) in [6, 6.07) is 19.0. The van der Waals surface area contributed by atoms with Crippen LogP contribution in [0.1, 0.15) is 15.9 Å². The smallest absolute Gasteiger partial charge is 0.262 e. The number of phenols is 1. The standard InChI is InChI=1S/C19H15NO2/c21-18-15-7-3-1-5-13(15)9-10-16(18)19(22)20-12-11-14-6-2-4-8-17(14)20/h1-10,21H,11-12H2. The van der Waals surface area contributed by atoms with Crippen molar-refractivity contribution in [1.29, 1.82) is 0 Å². The summed E-state index contributed by atoms with van der Waals surface area (Å²) in [6.07, 6.45) is 0.857. The fraction of sp³-hybridized carbons (Fsp3) is 0.105. The van der Waals surface area contributed by atoms with E-state index in [1.165, 1.54) is 5.56 Å². The number of benzene rings is 3. The summed E-state index contributed by atoms with van der Waals surface area (Å²) in [5, 5.41) is 12.1. The van der Waals surface area contributed by atoms with Gasteiger partial charge < -0.3 is 10.0 Å². The van der Waals surface area contributed by atoms with Gasteiger partial charge in [0, 0.05) is 17.6 Å². The van der Waals surface area contributed by atoms with Gasteiger partial charge in [0.2, 0.25) is 0 Å². The van der Waals surface area contributed by atoms with Crippen molar-refractivity contribution in [3.05, 3.63) is 71.8 Å². The first-order valence-corrected chi connectivity index (χ1v) is 7.36. The first kappa shape index (κ1) is 12.9. The monoisotopic (exact) mass is 289 g/mol. The second-order valence-electron chi connectivity index (χ2n) is 5.52. The van der Waals surface area contributed by atoms with E-state index in [9.17, 15) is 9.90 Å². The van der Waals surface area contributed by atoms with Crippen LogP contribution in [0.2, 0.25) is 0 Å². The third-order valence-corrected chi connectivity index (χ3v) is 4.26. The van der Waals surface area contributed by atoms with Crippen molar-refractivity contribution in [2.45, 2.75) is 6.42 Å². The third-order valence-electron chi connectivity index (χ3n) is 4.26. The van der Waals surface area contributed by atoms with Crippen molar-refractivity contribution >= 4 is 22.4 Å². The Morgan fingerprint density at radius 2 is 1.73 bits per heavy atom. The maximum atomic E-state index is 12.8. The van der Waals surface area contributed by atoms with Crippen LogP contribution in [0.15, 0.2) is 60.7 Å². The highest BCUT2D eigenvalue weighted by Gasteiger charge is 2.27. The molecule has 1 aliphatic rings. The van der Waals surface area contributed by atoms with Gasteiger partial charge in [-0.1, -0.05) is 48.5 Å². The molecule has 1 heterocycles. The van der Waals surface area contributed by atoms with E-state index in [1.807, 2.05) is 54.6 Å². The molecule has 0 fully saturated rings. The van der Waals surface area contributed by atoms with Crippen LogP contribution in [0, 0.1) is 0 Å². The summed E-state index contributed by atoms with van der Waals surface area (Å²) in [4.78, 5) is 14.6. The molecule has 3 heteroatoms. The van der Waals surface area contributed by atoms with E-state index in [0.717, 1.165) is 17.5 Å². The molecular weight excluding hydrogens is 274 g/mol. The Morgan fingerprint density at radius 1 is 0.955 bits per heavy atom. The topological polar surface area (TPSA) is 40.5 Å². The molecule has 0 aliphatic carbocycles. The quantitative estimate of drug-likeness (QED) is 0.741. The Kier molecular flexibility index (Phi) is 2.86. The second-order valence-corrected chi connectivity index (χ2v) is 5.52. The number of aromatic hydroxyl groups is 1. The Morgan fingerprint density at radius 3 is 2.64 bits per heavy atom. The lowest BCUT2D eigenvalue weighted by atomic mass is 10.0. The molecular formula is C19H15NO2. The molecule has 1 aliphatic heterocycles. The van der Waals surface area contributed by atoms with Crippen LogP contribution >= 0.6 is 0 Å². The molecule has 1 N–H and O–H groups in total. The lowest BCUT2D eigenvalue weighted by Crippen LogP contribution is -2.28. The molecule has 4 rings (SSSR count). The summed E-state index contributed by atoms with van der Waals surface area (Å²) in [5.74, 6) is -0.0827. The zero-order chi connectivity index (χ0) is 15.1. The van der Waals surface area contributed by atoms with Crippen LogP contribution in [0.3, 0.4) is 0 Å². The van der Waals surface area contributed by atoms with Gasteiger partial charge in [-0.3, -0.25) is 4.79 Å².